The van der Waals surface area contributed by atoms with Crippen molar-refractivity contribution in [2.75, 3.05) is 49.2 Å². The van der Waals surface area contributed by atoms with Gasteiger partial charge >= 0.3 is 0 Å². The first-order chi connectivity index (χ1) is 45.2. The highest BCUT2D eigenvalue weighted by molar-refractivity contribution is 8.77. The summed E-state index contributed by atoms with van der Waals surface area (Å²) in [6.45, 7) is 5.14. The molecule has 2 bridgehead atoms. The lowest BCUT2D eigenvalue weighted by Gasteiger charge is -2.31. The van der Waals surface area contributed by atoms with Crippen LogP contribution in [-0.2, 0) is 80.0 Å². The normalized spacial score (nSPS) is 26.4. The van der Waals surface area contributed by atoms with Gasteiger partial charge < -0.3 is 95.4 Å². The molecule has 0 saturated carbocycles. The number of phenolic OH excluding ortho intramolecular Hbond substituents is 1. The van der Waals surface area contributed by atoms with E-state index in [1.54, 1.807) is 27.7 Å². The maximum absolute atomic E-state index is 15.0. The number of carbonyl (C=O) groups is 14. The average Bonchev–Trinajstić information content (AvgIpc) is 1.71. The summed E-state index contributed by atoms with van der Waals surface area (Å²) in [5.74, 6) is -14.3. The summed E-state index contributed by atoms with van der Waals surface area (Å²) in [4.78, 5) is 204. The number of aromatic amines is 1. The van der Waals surface area contributed by atoms with Gasteiger partial charge in [0, 0.05) is 67.1 Å². The largest absolute Gasteiger partial charge is 0.508 e. The van der Waals surface area contributed by atoms with Gasteiger partial charge in [-0.2, -0.15) is 0 Å². The van der Waals surface area contributed by atoms with Crippen LogP contribution < -0.4 is 75.3 Å². The van der Waals surface area contributed by atoms with E-state index in [9.17, 15) is 77.3 Å². The highest BCUT2D eigenvalue weighted by Crippen LogP contribution is 2.27. The summed E-state index contributed by atoms with van der Waals surface area (Å²) in [5, 5.41) is 52.3. The molecular formula is C58H85N17O16S4. The molecule has 14 amide bonds. The van der Waals surface area contributed by atoms with E-state index < -0.39 is 175 Å². The van der Waals surface area contributed by atoms with Crippen molar-refractivity contribution in [2.24, 2.45) is 23.3 Å². The Hall–Kier alpha value is -7.87. The van der Waals surface area contributed by atoms with Crippen LogP contribution in [0.1, 0.15) is 83.9 Å². The van der Waals surface area contributed by atoms with E-state index in [1.807, 2.05) is 0 Å². The summed E-state index contributed by atoms with van der Waals surface area (Å²) in [5.41, 5.74) is 12.4. The Morgan fingerprint density at radius 3 is 1.98 bits per heavy atom. The molecule has 6 rings (SSSR count). The molecule has 95 heavy (non-hydrogen) atoms. The van der Waals surface area contributed by atoms with E-state index in [2.05, 4.69) is 73.8 Å². The fourth-order valence-electron chi connectivity index (χ4n) is 10.4. The second kappa shape index (κ2) is 37.4. The van der Waals surface area contributed by atoms with E-state index in [0.717, 1.165) is 48.1 Å². The van der Waals surface area contributed by atoms with Crippen LogP contribution in [0, 0.1) is 11.8 Å². The summed E-state index contributed by atoms with van der Waals surface area (Å²) in [6, 6.07) is -9.86. The molecule has 1 aromatic carbocycles. The minimum atomic E-state index is -1.60. The zero-order valence-corrected chi connectivity index (χ0v) is 56.1. The Morgan fingerprint density at radius 2 is 1.34 bits per heavy atom. The highest BCUT2D eigenvalue weighted by Gasteiger charge is 2.44. The van der Waals surface area contributed by atoms with Gasteiger partial charge in [0.15, 0.2) is 0 Å². The van der Waals surface area contributed by atoms with Gasteiger partial charge in [0.05, 0.1) is 25.5 Å². The fraction of sp³-hybridized carbons (Fsp3) is 0.603. The van der Waals surface area contributed by atoms with Gasteiger partial charge in [0.2, 0.25) is 82.7 Å². The van der Waals surface area contributed by atoms with Gasteiger partial charge in [-0.25, -0.2) is 4.98 Å². The van der Waals surface area contributed by atoms with Crippen LogP contribution in [-0.4, -0.2) is 230 Å². The summed E-state index contributed by atoms with van der Waals surface area (Å²) in [7, 11) is 3.66. The van der Waals surface area contributed by atoms with Crippen molar-refractivity contribution in [2.45, 2.75) is 158 Å². The number of nitrogens with two attached hydrogens (primary N) is 2. The first kappa shape index (κ1) is 76.2. The molecule has 33 nitrogen and oxygen atoms in total. The van der Waals surface area contributed by atoms with Crippen LogP contribution in [0.5, 0.6) is 5.75 Å². The maximum atomic E-state index is 15.0. The van der Waals surface area contributed by atoms with Crippen molar-refractivity contribution in [3.8, 4) is 5.75 Å². The molecule has 0 radical (unpaired) electrons. The Morgan fingerprint density at radius 1 is 0.695 bits per heavy atom. The monoisotopic (exact) mass is 1400 g/mol. The van der Waals surface area contributed by atoms with E-state index in [-0.39, 0.29) is 92.1 Å². The summed E-state index contributed by atoms with van der Waals surface area (Å²) in [6.07, 6.45) is 1.71. The van der Waals surface area contributed by atoms with Crippen LogP contribution in [0.2, 0.25) is 0 Å². The van der Waals surface area contributed by atoms with Gasteiger partial charge in [0.1, 0.15) is 72.2 Å². The van der Waals surface area contributed by atoms with Crippen molar-refractivity contribution in [1.82, 2.24) is 78.7 Å². The number of hydrogen-bond acceptors (Lipinski definition) is 22. The molecule has 4 aliphatic heterocycles. The van der Waals surface area contributed by atoms with Gasteiger partial charge in [-0.15, -0.1) is 0 Å². The number of benzene rings is 1. The number of aliphatic hydroxyl groups excluding tert-OH is 1. The number of nitrogens with one attached hydrogen (secondary N) is 13. The third-order valence-electron chi connectivity index (χ3n) is 15.5. The van der Waals surface area contributed by atoms with Crippen LogP contribution in [0.3, 0.4) is 0 Å². The predicted molar refractivity (Wildman–Crippen MR) is 351 cm³/mol. The molecule has 19 N–H and O–H groups in total. The Balaban J connectivity index is 1.41. The van der Waals surface area contributed by atoms with Crippen molar-refractivity contribution in [1.29, 1.82) is 0 Å². The number of unbranched alkanes of at least 4 members (excludes halogenated alkanes) is 1. The van der Waals surface area contributed by atoms with Crippen molar-refractivity contribution < 1.29 is 77.3 Å². The molecule has 37 heteroatoms. The number of fused-ring (bicyclic) bond motifs is 6. The molecule has 12 atom stereocenters. The molecule has 522 valence electrons. The standard InChI is InChI=1S/C58H85N17O16S4/c1-28(2)15-36-52(85)72-41-25-95-93-24-40(50(83)63-20-45(79)66-37(16-30-8-10-32(76)11-9-30)53(86)67-34(51(84)68-36)7-5-6-14-59)71-55(88)42(73-57(90)47(29(3)4)74-46(80)21-62-49(82)35-12-13-44(78)65-35)26-94-92-23-39(48(60)81)70-56(89)43-18-33(77)22-75(43)58(91)38(69-54(41)87)17-31-19-61-27-64-31/h8-11,19,27-29,33-43,47,76-77H,5-7,12-18,20-26,59H2,1-4H3,(H2,60,81)(H,61,64)(H,62,82)(H,63,83)(H,65,78)(H,66,79)(H,67,86)(H,68,84)(H,69,87)(H,70,89)(H,71,88)(H,72,85)(H,73,90)(H,74,80)/t33-,34+,35+,36+,37+,38+,39+,40-,41-,42+,43+,47+/m1/s1. The van der Waals surface area contributed by atoms with Crippen LogP contribution in [0.4, 0.5) is 0 Å². The second-order valence-corrected chi connectivity index (χ2v) is 29.0. The second-order valence-electron chi connectivity index (χ2n) is 23.9. The summed E-state index contributed by atoms with van der Waals surface area (Å²) >= 11 is 0. The Bertz CT molecular complexity index is 3080. The maximum Gasteiger partial charge on any atom is 0.246 e. The summed E-state index contributed by atoms with van der Waals surface area (Å²) < 4.78 is 0. The number of aromatic nitrogens is 2. The number of rotatable bonds is 18. The number of hydrogen-bond donors (Lipinski definition) is 17. The fourth-order valence-corrected chi connectivity index (χ4v) is 15.0. The number of aliphatic hydroxyl groups is 1. The van der Waals surface area contributed by atoms with E-state index in [4.69, 9.17) is 11.5 Å². The number of imidazole rings is 1. The Kier molecular flexibility index (Phi) is 30.0. The molecule has 1 aromatic heterocycles. The minimum Gasteiger partial charge on any atom is -0.508 e. The molecule has 0 aliphatic carbocycles. The highest BCUT2D eigenvalue weighted by atomic mass is 33.1. The smallest absolute Gasteiger partial charge is 0.246 e. The third kappa shape index (κ3) is 24.1. The number of phenols is 1. The van der Waals surface area contributed by atoms with E-state index >= 15 is 0 Å². The van der Waals surface area contributed by atoms with Gasteiger partial charge in [0.25, 0.3) is 0 Å². The minimum absolute atomic E-state index is 0.00266. The lowest BCUT2D eigenvalue weighted by molar-refractivity contribution is -0.142. The quantitative estimate of drug-likeness (QED) is 0.0490. The molecule has 4 fully saturated rings. The van der Waals surface area contributed by atoms with Crippen LogP contribution >= 0.6 is 43.2 Å². The molecule has 0 unspecified atom stereocenters. The number of amides is 14. The molecule has 0 spiro atoms. The van der Waals surface area contributed by atoms with Gasteiger partial charge in [-0.05, 0) is 68.2 Å². The van der Waals surface area contributed by atoms with Gasteiger partial charge in [-0.3, -0.25) is 67.1 Å². The number of aromatic hydroxyl groups is 1. The van der Waals surface area contributed by atoms with Crippen molar-refractivity contribution in [3.63, 3.8) is 0 Å². The SMILES string of the molecule is CC(C)C[C@@H]1NC(=O)[C@H](CCCCN)NC(=O)[C@H](Cc2ccc(O)cc2)NC(=O)CNC(=O)[C@H]2CSSC[C@@H](NC1=O)C(=O)N[C@@H](Cc1cnc[nH]1)C(=O)N1C[C@H](O)C[C@H]1C(=O)N[C@H](C(N)=O)CSSC[C@H](NC(=O)[C@@H](NC(=O)CNC(=O)[C@@H]1CCC(=O)N1)C(C)C)C(=O)N2. The van der Waals surface area contributed by atoms with Crippen LogP contribution in [0.25, 0.3) is 0 Å². The zero-order chi connectivity index (χ0) is 69.5. The third-order valence-corrected chi connectivity index (χ3v) is 20.3. The van der Waals surface area contributed by atoms with Crippen LogP contribution in [0.15, 0.2) is 36.8 Å². The van der Waals surface area contributed by atoms with E-state index in [1.165, 1.54) is 36.8 Å². The van der Waals surface area contributed by atoms with Gasteiger partial charge in [-0.1, -0.05) is 83.0 Å². The van der Waals surface area contributed by atoms with Crippen molar-refractivity contribution >= 4 is 126 Å². The zero-order valence-electron chi connectivity index (χ0n) is 52.9. The number of carbonyl (C=O) groups excluding carboxylic acids is 14. The van der Waals surface area contributed by atoms with Crippen molar-refractivity contribution in [3.05, 3.63) is 48.0 Å². The lowest BCUT2D eigenvalue weighted by atomic mass is 10.0. The Labute approximate surface area is 563 Å². The number of nitrogens with zero attached hydrogens (tertiary/aromatic N) is 2. The molecule has 4 aliphatic rings. The molecule has 4 saturated heterocycles. The molecular weight excluding hydrogens is 1320 g/mol. The lowest BCUT2D eigenvalue weighted by Crippen LogP contribution is -2.61. The first-order valence-corrected chi connectivity index (χ1v) is 36.0. The molecule has 5 heterocycles. The first-order valence-electron chi connectivity index (χ1n) is 31.0. The molecule has 2 aromatic rings. The van der Waals surface area contributed by atoms with E-state index in [0.29, 0.717) is 24.1 Å². The number of primary amides is 1. The topological polar surface area (TPSA) is 508 Å². The average molecular weight is 1400 g/mol. The number of H-pyrrole nitrogens is 1. The predicted octanol–water partition coefficient (Wildman–Crippen LogP) is -5.16.